The molecule has 0 spiro atoms. The Bertz CT molecular complexity index is 387. The first-order valence-corrected chi connectivity index (χ1v) is 6.44. The maximum atomic E-state index is 12.9. The van der Waals surface area contributed by atoms with Crippen molar-refractivity contribution in [1.29, 1.82) is 0 Å². The molecule has 0 aliphatic rings. The zero-order valence-electron chi connectivity index (χ0n) is 11.4. The Balaban J connectivity index is 2.40. The quantitative estimate of drug-likeness (QED) is 0.715. The zero-order chi connectivity index (χ0) is 14.3. The van der Waals surface area contributed by atoms with Crippen LogP contribution in [0.5, 0.6) is 5.75 Å². The molecule has 1 aromatic carbocycles. The molecule has 3 nitrogen and oxygen atoms in total. The first-order chi connectivity index (χ1) is 9.06. The van der Waals surface area contributed by atoms with Crippen LogP contribution < -0.4 is 10.1 Å². The van der Waals surface area contributed by atoms with Crippen LogP contribution in [0.25, 0.3) is 0 Å². The van der Waals surface area contributed by atoms with Gasteiger partial charge in [-0.25, -0.2) is 8.78 Å². The summed E-state index contributed by atoms with van der Waals surface area (Å²) in [5.41, 5.74) is -0.294. The number of ether oxygens (including phenoxy) is 1. The van der Waals surface area contributed by atoms with Gasteiger partial charge in [0.15, 0.2) is 11.6 Å². The average molecular weight is 273 g/mol. The van der Waals surface area contributed by atoms with Crippen molar-refractivity contribution in [1.82, 2.24) is 5.32 Å². The summed E-state index contributed by atoms with van der Waals surface area (Å²) in [6.45, 7) is 2.46. The van der Waals surface area contributed by atoms with E-state index in [0.29, 0.717) is 18.8 Å². The summed E-state index contributed by atoms with van der Waals surface area (Å²) >= 11 is 0. The lowest BCUT2D eigenvalue weighted by Crippen LogP contribution is -2.46. The second kappa shape index (κ2) is 7.40. The Labute approximate surface area is 112 Å². The van der Waals surface area contributed by atoms with Crippen molar-refractivity contribution in [3.8, 4) is 5.75 Å². The predicted octanol–water partition coefficient (Wildman–Crippen LogP) is 2.48. The van der Waals surface area contributed by atoms with Gasteiger partial charge in [-0.05, 0) is 38.4 Å². The molecule has 0 aliphatic carbocycles. The summed E-state index contributed by atoms with van der Waals surface area (Å²) in [6.07, 6.45) is 2.28. The number of rotatable bonds is 8. The molecule has 0 fully saturated rings. The molecule has 0 saturated carbocycles. The smallest absolute Gasteiger partial charge is 0.162 e. The highest BCUT2D eigenvalue weighted by molar-refractivity contribution is 5.23. The van der Waals surface area contributed by atoms with Crippen molar-refractivity contribution < 1.29 is 18.6 Å². The molecule has 5 heteroatoms. The summed E-state index contributed by atoms with van der Waals surface area (Å²) in [4.78, 5) is 0. The third-order valence-corrected chi connectivity index (χ3v) is 3.47. The van der Waals surface area contributed by atoms with Gasteiger partial charge in [0.25, 0.3) is 0 Å². The SMILES string of the molecule is CCC(CO)(CCCOc1ccc(F)c(F)c1)NC. The summed E-state index contributed by atoms with van der Waals surface area (Å²) in [5.74, 6) is -1.48. The van der Waals surface area contributed by atoms with Gasteiger partial charge in [0.1, 0.15) is 5.75 Å². The van der Waals surface area contributed by atoms with E-state index in [9.17, 15) is 13.9 Å². The highest BCUT2D eigenvalue weighted by Crippen LogP contribution is 2.18. The van der Waals surface area contributed by atoms with Gasteiger partial charge in [-0.3, -0.25) is 0 Å². The van der Waals surface area contributed by atoms with Crippen molar-refractivity contribution in [2.75, 3.05) is 20.3 Å². The highest BCUT2D eigenvalue weighted by atomic mass is 19.2. The normalized spacial score (nSPS) is 14.2. The Morgan fingerprint density at radius 3 is 2.58 bits per heavy atom. The van der Waals surface area contributed by atoms with Gasteiger partial charge >= 0.3 is 0 Å². The van der Waals surface area contributed by atoms with Gasteiger partial charge in [0, 0.05) is 11.6 Å². The lowest BCUT2D eigenvalue weighted by molar-refractivity contribution is 0.145. The van der Waals surface area contributed by atoms with Crippen LogP contribution in [0.3, 0.4) is 0 Å². The Morgan fingerprint density at radius 2 is 2.05 bits per heavy atom. The number of aliphatic hydroxyl groups excluding tert-OH is 1. The summed E-state index contributed by atoms with van der Waals surface area (Å²) in [6, 6.07) is 3.48. The Hall–Kier alpha value is -1.20. The van der Waals surface area contributed by atoms with E-state index in [1.807, 2.05) is 14.0 Å². The van der Waals surface area contributed by atoms with E-state index in [1.165, 1.54) is 6.07 Å². The molecule has 0 bridgehead atoms. The minimum absolute atomic E-state index is 0.0607. The summed E-state index contributed by atoms with van der Waals surface area (Å²) in [7, 11) is 1.82. The van der Waals surface area contributed by atoms with Crippen LogP contribution in [0.15, 0.2) is 18.2 Å². The molecule has 1 rings (SSSR count). The summed E-state index contributed by atoms with van der Waals surface area (Å²) in [5, 5.41) is 12.5. The van der Waals surface area contributed by atoms with Crippen LogP contribution in [-0.2, 0) is 0 Å². The third kappa shape index (κ3) is 4.44. The van der Waals surface area contributed by atoms with E-state index >= 15 is 0 Å². The number of aliphatic hydroxyl groups is 1. The number of benzene rings is 1. The number of hydrogen-bond acceptors (Lipinski definition) is 3. The predicted molar refractivity (Wildman–Crippen MR) is 70.3 cm³/mol. The van der Waals surface area contributed by atoms with Gasteiger partial charge in [0.05, 0.1) is 13.2 Å². The molecule has 19 heavy (non-hydrogen) atoms. The standard InChI is InChI=1S/C14H21F2NO2/c1-3-14(10-18,17-2)7-4-8-19-11-5-6-12(15)13(16)9-11/h5-6,9,17-18H,3-4,7-8,10H2,1-2H3. The third-order valence-electron chi connectivity index (χ3n) is 3.47. The van der Waals surface area contributed by atoms with Gasteiger partial charge in [-0.15, -0.1) is 0 Å². The Morgan fingerprint density at radius 1 is 1.32 bits per heavy atom. The van der Waals surface area contributed by atoms with Crippen molar-refractivity contribution >= 4 is 0 Å². The molecular formula is C14H21F2NO2. The molecule has 0 amide bonds. The van der Waals surface area contributed by atoms with Crippen LogP contribution in [0, 0.1) is 11.6 Å². The molecule has 2 N–H and O–H groups in total. The largest absolute Gasteiger partial charge is 0.493 e. The average Bonchev–Trinajstić information content (AvgIpc) is 2.44. The van der Waals surface area contributed by atoms with Crippen molar-refractivity contribution in [3.63, 3.8) is 0 Å². The van der Waals surface area contributed by atoms with Crippen molar-refractivity contribution in [2.24, 2.45) is 0 Å². The van der Waals surface area contributed by atoms with E-state index in [-0.39, 0.29) is 12.1 Å². The highest BCUT2D eigenvalue weighted by Gasteiger charge is 2.24. The molecule has 108 valence electrons. The number of likely N-dealkylation sites (N-methyl/N-ethyl adjacent to an activating group) is 1. The number of nitrogens with one attached hydrogen (secondary N) is 1. The minimum atomic E-state index is -0.911. The van der Waals surface area contributed by atoms with E-state index in [1.54, 1.807) is 0 Å². The maximum Gasteiger partial charge on any atom is 0.162 e. The molecule has 0 aromatic heterocycles. The molecule has 0 radical (unpaired) electrons. The van der Waals surface area contributed by atoms with Crippen LogP contribution >= 0.6 is 0 Å². The fourth-order valence-electron chi connectivity index (χ4n) is 1.92. The molecular weight excluding hydrogens is 252 g/mol. The first-order valence-electron chi connectivity index (χ1n) is 6.44. The monoisotopic (exact) mass is 273 g/mol. The first kappa shape index (κ1) is 15.9. The van der Waals surface area contributed by atoms with Gasteiger partial charge in [-0.2, -0.15) is 0 Å². The van der Waals surface area contributed by atoms with E-state index in [0.717, 1.165) is 25.0 Å². The van der Waals surface area contributed by atoms with Gasteiger partial charge in [0.2, 0.25) is 0 Å². The molecule has 1 aromatic rings. The fourth-order valence-corrected chi connectivity index (χ4v) is 1.92. The topological polar surface area (TPSA) is 41.5 Å². The second-order valence-corrected chi connectivity index (χ2v) is 4.57. The molecule has 0 saturated heterocycles. The van der Waals surface area contributed by atoms with Crippen LogP contribution in [0.2, 0.25) is 0 Å². The summed E-state index contributed by atoms with van der Waals surface area (Å²) < 4.78 is 31.0. The van der Waals surface area contributed by atoms with E-state index in [4.69, 9.17) is 4.74 Å². The van der Waals surface area contributed by atoms with Crippen LogP contribution in [-0.4, -0.2) is 30.9 Å². The second-order valence-electron chi connectivity index (χ2n) is 4.57. The fraction of sp³-hybridized carbons (Fsp3) is 0.571. The molecule has 1 atom stereocenters. The van der Waals surface area contributed by atoms with Gasteiger partial charge < -0.3 is 15.2 Å². The van der Waals surface area contributed by atoms with E-state index in [2.05, 4.69) is 5.32 Å². The van der Waals surface area contributed by atoms with Crippen molar-refractivity contribution in [2.45, 2.75) is 31.7 Å². The molecule has 0 heterocycles. The lowest BCUT2D eigenvalue weighted by atomic mass is 9.92. The molecule has 1 unspecified atom stereocenters. The molecule has 0 aliphatic heterocycles. The van der Waals surface area contributed by atoms with Crippen LogP contribution in [0.1, 0.15) is 26.2 Å². The van der Waals surface area contributed by atoms with Gasteiger partial charge in [-0.1, -0.05) is 6.92 Å². The minimum Gasteiger partial charge on any atom is -0.493 e. The lowest BCUT2D eigenvalue weighted by Gasteiger charge is -2.30. The van der Waals surface area contributed by atoms with E-state index < -0.39 is 11.6 Å². The zero-order valence-corrected chi connectivity index (χ0v) is 11.4. The Kier molecular flexibility index (Phi) is 6.18. The van der Waals surface area contributed by atoms with Crippen molar-refractivity contribution in [3.05, 3.63) is 29.8 Å². The number of halogens is 2. The number of hydrogen-bond donors (Lipinski definition) is 2. The van der Waals surface area contributed by atoms with Crippen LogP contribution in [0.4, 0.5) is 8.78 Å². The maximum absolute atomic E-state index is 12.9.